The molecule has 156 valence electrons. The highest BCUT2D eigenvalue weighted by molar-refractivity contribution is 6.01. The van der Waals surface area contributed by atoms with Gasteiger partial charge in [0, 0.05) is 24.9 Å². The van der Waals surface area contributed by atoms with Crippen molar-refractivity contribution >= 4 is 29.4 Å². The molecule has 0 spiro atoms. The van der Waals surface area contributed by atoms with Gasteiger partial charge in [0.2, 0.25) is 11.8 Å². The summed E-state index contributed by atoms with van der Waals surface area (Å²) in [6.45, 7) is -0.193. The first-order valence-corrected chi connectivity index (χ1v) is 9.26. The van der Waals surface area contributed by atoms with E-state index in [2.05, 4.69) is 10.7 Å². The van der Waals surface area contributed by atoms with Crippen LogP contribution in [0.4, 0.5) is 5.69 Å². The number of carbonyl (C=O) groups excluding carboxylic acids is 4. The van der Waals surface area contributed by atoms with E-state index in [1.54, 1.807) is 13.2 Å². The number of para-hydroxylation sites is 1. The Morgan fingerprint density at radius 1 is 1.07 bits per heavy atom. The standard InChI is InChI=1S/C21H21N3O6/c1-29-17-5-3-2-4-15(17)12-22-19(26)13-30-21(28)14-6-8-16(9-7-14)24-20(27)11-10-18(25)23-24/h2-9H,10-13H2,1H3,(H,22,26)(H,23,25). The second-order valence-corrected chi connectivity index (χ2v) is 6.48. The molecule has 9 heteroatoms. The number of anilines is 1. The Bertz CT molecular complexity index is 957. The fraction of sp³-hybridized carbons (Fsp3) is 0.238. The van der Waals surface area contributed by atoms with Crippen LogP contribution >= 0.6 is 0 Å². The second-order valence-electron chi connectivity index (χ2n) is 6.48. The van der Waals surface area contributed by atoms with Crippen molar-refractivity contribution in [2.45, 2.75) is 19.4 Å². The van der Waals surface area contributed by atoms with E-state index in [4.69, 9.17) is 9.47 Å². The lowest BCUT2D eigenvalue weighted by molar-refractivity contribution is -0.130. The molecule has 0 atom stereocenters. The molecule has 2 aromatic carbocycles. The molecule has 1 aliphatic heterocycles. The minimum Gasteiger partial charge on any atom is -0.496 e. The Labute approximate surface area is 172 Å². The summed E-state index contributed by atoms with van der Waals surface area (Å²) in [4.78, 5) is 47.5. The third kappa shape index (κ3) is 5.13. The molecule has 2 aromatic rings. The van der Waals surface area contributed by atoms with Crippen LogP contribution in [0.1, 0.15) is 28.8 Å². The summed E-state index contributed by atoms with van der Waals surface area (Å²) in [5.74, 6) is -0.970. The monoisotopic (exact) mass is 411 g/mol. The van der Waals surface area contributed by atoms with Gasteiger partial charge in [-0.15, -0.1) is 0 Å². The van der Waals surface area contributed by atoms with E-state index < -0.39 is 18.5 Å². The number of esters is 1. The first-order chi connectivity index (χ1) is 14.5. The Morgan fingerprint density at radius 3 is 2.53 bits per heavy atom. The van der Waals surface area contributed by atoms with E-state index >= 15 is 0 Å². The van der Waals surface area contributed by atoms with Gasteiger partial charge in [0.05, 0.1) is 18.4 Å². The van der Waals surface area contributed by atoms with Crippen molar-refractivity contribution in [2.24, 2.45) is 0 Å². The fourth-order valence-electron chi connectivity index (χ4n) is 2.84. The maximum Gasteiger partial charge on any atom is 0.338 e. The summed E-state index contributed by atoms with van der Waals surface area (Å²) in [5.41, 5.74) is 3.92. The molecule has 3 amide bonds. The fourth-order valence-corrected chi connectivity index (χ4v) is 2.84. The van der Waals surface area contributed by atoms with Crippen LogP contribution in [0.2, 0.25) is 0 Å². The molecular formula is C21H21N3O6. The van der Waals surface area contributed by atoms with Gasteiger partial charge >= 0.3 is 5.97 Å². The highest BCUT2D eigenvalue weighted by atomic mass is 16.5. The molecule has 30 heavy (non-hydrogen) atoms. The van der Waals surface area contributed by atoms with E-state index in [0.29, 0.717) is 11.4 Å². The molecule has 9 nitrogen and oxygen atoms in total. The molecule has 1 fully saturated rings. The first kappa shape index (κ1) is 20.8. The molecule has 2 N–H and O–H groups in total. The van der Waals surface area contributed by atoms with Crippen LogP contribution in [0, 0.1) is 0 Å². The number of rotatable bonds is 7. The van der Waals surface area contributed by atoms with Crippen molar-refractivity contribution in [1.29, 1.82) is 0 Å². The van der Waals surface area contributed by atoms with Gasteiger partial charge < -0.3 is 14.8 Å². The SMILES string of the molecule is COc1ccccc1CNC(=O)COC(=O)c1ccc(N2NC(=O)CCC2=O)cc1. The predicted molar refractivity (Wildman–Crippen MR) is 106 cm³/mol. The zero-order valence-corrected chi connectivity index (χ0v) is 16.3. The van der Waals surface area contributed by atoms with Crippen LogP contribution in [0.5, 0.6) is 5.75 Å². The minimum atomic E-state index is -0.678. The van der Waals surface area contributed by atoms with Crippen molar-refractivity contribution in [3.8, 4) is 5.75 Å². The summed E-state index contributed by atoms with van der Waals surface area (Å²) >= 11 is 0. The van der Waals surface area contributed by atoms with Crippen molar-refractivity contribution in [1.82, 2.24) is 10.7 Å². The molecule has 0 unspecified atom stereocenters. The van der Waals surface area contributed by atoms with Gasteiger partial charge in [-0.3, -0.25) is 19.8 Å². The van der Waals surface area contributed by atoms with Gasteiger partial charge in [-0.2, -0.15) is 0 Å². The largest absolute Gasteiger partial charge is 0.496 e. The Morgan fingerprint density at radius 2 is 1.80 bits per heavy atom. The zero-order valence-electron chi connectivity index (χ0n) is 16.3. The maximum atomic E-state index is 12.2. The number of carbonyl (C=O) groups is 4. The number of nitrogens with one attached hydrogen (secondary N) is 2. The van der Waals surface area contributed by atoms with E-state index in [1.807, 2.05) is 18.2 Å². The molecule has 1 aliphatic rings. The normalized spacial score (nSPS) is 13.4. The summed E-state index contributed by atoms with van der Waals surface area (Å²) in [6, 6.07) is 13.2. The number of hydrogen-bond acceptors (Lipinski definition) is 6. The maximum absolute atomic E-state index is 12.2. The number of benzene rings is 2. The highest BCUT2D eigenvalue weighted by Crippen LogP contribution is 2.18. The third-order valence-corrected chi connectivity index (χ3v) is 4.42. The van der Waals surface area contributed by atoms with Gasteiger partial charge in [-0.25, -0.2) is 9.80 Å². The molecule has 0 saturated carbocycles. The van der Waals surface area contributed by atoms with Crippen LogP contribution in [0.25, 0.3) is 0 Å². The Balaban J connectivity index is 1.50. The lowest BCUT2D eigenvalue weighted by Crippen LogP contribution is -2.50. The lowest BCUT2D eigenvalue weighted by Gasteiger charge is -2.27. The summed E-state index contributed by atoms with van der Waals surface area (Å²) < 4.78 is 10.2. The second kappa shape index (κ2) is 9.55. The van der Waals surface area contributed by atoms with E-state index in [9.17, 15) is 19.2 Å². The van der Waals surface area contributed by atoms with Gasteiger partial charge in [0.15, 0.2) is 6.61 Å². The molecule has 1 heterocycles. The zero-order chi connectivity index (χ0) is 21.5. The molecule has 0 radical (unpaired) electrons. The number of methoxy groups -OCH3 is 1. The number of amides is 3. The Kier molecular flexibility index (Phi) is 6.63. The molecule has 1 saturated heterocycles. The topological polar surface area (TPSA) is 114 Å². The van der Waals surface area contributed by atoms with Crippen molar-refractivity contribution < 1.29 is 28.7 Å². The third-order valence-electron chi connectivity index (χ3n) is 4.42. The quantitative estimate of drug-likeness (QED) is 0.665. The van der Waals surface area contributed by atoms with Crippen molar-refractivity contribution in [3.63, 3.8) is 0 Å². The lowest BCUT2D eigenvalue weighted by atomic mass is 10.2. The van der Waals surface area contributed by atoms with Crippen LogP contribution in [-0.2, 0) is 25.7 Å². The smallest absolute Gasteiger partial charge is 0.338 e. The van der Waals surface area contributed by atoms with E-state index in [-0.39, 0.29) is 36.8 Å². The summed E-state index contributed by atoms with van der Waals surface area (Å²) in [6.07, 6.45) is 0.276. The van der Waals surface area contributed by atoms with E-state index in [1.165, 1.54) is 24.3 Å². The van der Waals surface area contributed by atoms with Crippen molar-refractivity contribution in [3.05, 3.63) is 59.7 Å². The molecule has 0 aliphatic carbocycles. The van der Waals surface area contributed by atoms with Crippen LogP contribution in [0.3, 0.4) is 0 Å². The van der Waals surface area contributed by atoms with Gasteiger partial charge in [0.1, 0.15) is 5.75 Å². The minimum absolute atomic E-state index is 0.125. The molecule has 3 rings (SSSR count). The summed E-state index contributed by atoms with van der Waals surface area (Å²) in [7, 11) is 1.54. The first-order valence-electron chi connectivity index (χ1n) is 9.26. The number of ether oxygens (including phenoxy) is 2. The van der Waals surface area contributed by atoms with E-state index in [0.717, 1.165) is 10.6 Å². The number of hydrogen-bond donors (Lipinski definition) is 2. The van der Waals surface area contributed by atoms with Crippen LogP contribution < -0.4 is 20.5 Å². The van der Waals surface area contributed by atoms with Crippen LogP contribution in [-0.4, -0.2) is 37.4 Å². The van der Waals surface area contributed by atoms with Crippen LogP contribution in [0.15, 0.2) is 48.5 Å². The number of nitrogens with zero attached hydrogens (tertiary/aromatic N) is 1. The van der Waals surface area contributed by atoms with Gasteiger partial charge in [-0.05, 0) is 30.3 Å². The average molecular weight is 411 g/mol. The van der Waals surface area contributed by atoms with Crippen molar-refractivity contribution in [2.75, 3.05) is 18.7 Å². The highest BCUT2D eigenvalue weighted by Gasteiger charge is 2.24. The summed E-state index contributed by atoms with van der Waals surface area (Å²) in [5, 5.41) is 3.81. The molecule has 0 bridgehead atoms. The predicted octanol–water partition coefficient (Wildman–Crippen LogP) is 1.33. The molecular weight excluding hydrogens is 390 g/mol. The Hall–Kier alpha value is -3.88. The number of hydrazine groups is 1. The average Bonchev–Trinajstić information content (AvgIpc) is 2.78. The van der Waals surface area contributed by atoms with Gasteiger partial charge in [-0.1, -0.05) is 18.2 Å². The van der Waals surface area contributed by atoms with Gasteiger partial charge in [0.25, 0.3) is 5.91 Å². The molecule has 0 aromatic heterocycles.